The minimum absolute atomic E-state index is 0. The Balaban J connectivity index is -0.0000000263. The molecule has 0 saturated heterocycles. The Morgan fingerprint density at radius 1 is 0.452 bits per heavy atom. The number of rotatable bonds is 2. The molecule has 0 aromatic rings. The van der Waals surface area contributed by atoms with E-state index in [1.54, 1.807) is 0 Å². The first kappa shape index (κ1) is 59.5. The standard InChI is InChI=1S/2C4H9.4H3O4P.3Pu/c2*1-3-4-2;4*1-5(2,3)4;;;/h2*1,3-4H2,2H3;4*(H3,1,2,3,4);;;/q2*-1;;;;;;;/p-12. The van der Waals surface area contributed by atoms with E-state index in [4.69, 9.17) is 77.0 Å². The van der Waals surface area contributed by atoms with Crippen molar-refractivity contribution >= 4 is 31.3 Å². The molecule has 0 aliphatic rings. The van der Waals surface area contributed by atoms with Gasteiger partial charge in [0, 0.05) is 87.5 Å². The van der Waals surface area contributed by atoms with Crippen LogP contribution in [0.4, 0.5) is 0 Å². The van der Waals surface area contributed by atoms with Crippen LogP contribution < -0.4 is 58.7 Å². The molecule has 0 fully saturated rings. The van der Waals surface area contributed by atoms with Crippen molar-refractivity contribution in [3.05, 3.63) is 13.8 Å². The van der Waals surface area contributed by atoms with Crippen molar-refractivity contribution in [2.24, 2.45) is 0 Å². The van der Waals surface area contributed by atoms with E-state index in [1.165, 1.54) is 12.8 Å². The van der Waals surface area contributed by atoms with Crippen LogP contribution in [0.2, 0.25) is 0 Å². The van der Waals surface area contributed by atoms with E-state index in [2.05, 4.69) is 27.7 Å². The van der Waals surface area contributed by atoms with E-state index < -0.39 is 31.3 Å². The first-order valence-electron chi connectivity index (χ1n) is 6.34. The zero-order valence-electron chi connectivity index (χ0n) is 15.8. The minimum atomic E-state index is -5.39. The third-order valence-electron chi connectivity index (χ3n) is 0.707. The fourth-order valence-electron chi connectivity index (χ4n) is 0. The van der Waals surface area contributed by atoms with Gasteiger partial charge in [0.25, 0.3) is 0 Å². The number of hydrogen-bond donors (Lipinski definition) is 0. The van der Waals surface area contributed by atoms with Crippen molar-refractivity contribution in [1.82, 2.24) is 0 Å². The van der Waals surface area contributed by atoms with Gasteiger partial charge in [0.1, 0.15) is 0 Å². The topological polar surface area (TPSA) is 345 Å². The van der Waals surface area contributed by atoms with Crippen LogP contribution in [0, 0.1) is 101 Å². The fraction of sp³-hybridized carbons (Fsp3) is 0.750. The summed E-state index contributed by atoms with van der Waals surface area (Å²) in [6, 6.07) is 0. The molecule has 0 N–H and O–H groups in total. The third-order valence-corrected chi connectivity index (χ3v) is 0.707. The van der Waals surface area contributed by atoms with Crippen LogP contribution in [0.15, 0.2) is 0 Å². The predicted molar refractivity (Wildman–Crippen MR) is 71.0 cm³/mol. The Morgan fingerprint density at radius 2 is 0.484 bits per heavy atom. The molecule has 0 spiro atoms. The molecule has 0 radical (unpaired) electrons. The molecule has 198 valence electrons. The van der Waals surface area contributed by atoms with Gasteiger partial charge in [0.15, 0.2) is 0 Å². The summed E-state index contributed by atoms with van der Waals surface area (Å²) in [6.07, 6.45) is 4.56. The average Bonchev–Trinajstić information content (AvgIpc) is 2.30. The van der Waals surface area contributed by atoms with Crippen LogP contribution in [0.1, 0.15) is 39.5 Å². The average molecular weight is 1230 g/mol. The molecule has 0 saturated carbocycles. The van der Waals surface area contributed by atoms with Crippen molar-refractivity contribution in [2.45, 2.75) is 39.5 Å². The molecule has 16 nitrogen and oxygen atoms in total. The quantitative estimate of drug-likeness (QED) is 0.183. The van der Waals surface area contributed by atoms with E-state index in [1.807, 2.05) is 0 Å². The number of hydrogen-bond acceptors (Lipinski definition) is 16. The smallest absolute Gasteiger partial charge is 0 e. The summed E-state index contributed by atoms with van der Waals surface area (Å²) in [5, 5.41) is 0. The Labute approximate surface area is 246 Å². The summed E-state index contributed by atoms with van der Waals surface area (Å²) < 4.78 is 34.2. The summed E-state index contributed by atoms with van der Waals surface area (Å²) in [5.41, 5.74) is 0. The van der Waals surface area contributed by atoms with Crippen LogP contribution in [-0.2, 0) is 18.3 Å². The summed E-state index contributed by atoms with van der Waals surface area (Å²) in [5.74, 6) is 0. The van der Waals surface area contributed by atoms with Gasteiger partial charge in [-0.25, -0.2) is 0 Å². The van der Waals surface area contributed by atoms with Gasteiger partial charge in [-0.05, 0) is 0 Å². The molecule has 0 atom stereocenters. The molecule has 0 aliphatic heterocycles. The second-order valence-electron chi connectivity index (χ2n) is 3.50. The van der Waals surface area contributed by atoms with Gasteiger partial charge < -0.3 is 90.8 Å². The number of unbranched alkanes of at least 4 members (excludes halogenated alkanes) is 2. The van der Waals surface area contributed by atoms with Gasteiger partial charge >= 0.3 is 0 Å². The molecular weight excluding hydrogens is 1210 g/mol. The summed E-state index contributed by atoms with van der Waals surface area (Å²) in [7, 11) is -21.6. The third kappa shape index (κ3) is 1130. The molecular formula is C8H18O16P4Pu3-14. The van der Waals surface area contributed by atoms with Crippen molar-refractivity contribution in [1.29, 1.82) is 0 Å². The monoisotopic (exact) mass is 1210 g/mol. The maximum Gasteiger partial charge on any atom is 0 e. The van der Waals surface area contributed by atoms with Gasteiger partial charge in [0.2, 0.25) is 0 Å². The van der Waals surface area contributed by atoms with Crippen molar-refractivity contribution in [3.8, 4) is 0 Å². The van der Waals surface area contributed by atoms with Crippen LogP contribution in [0.5, 0.6) is 0 Å². The summed E-state index contributed by atoms with van der Waals surface area (Å²) >= 11 is 0. The first-order valence-corrected chi connectivity index (χ1v) is 12.2. The second kappa shape index (κ2) is 35.6. The molecule has 0 aromatic carbocycles. The van der Waals surface area contributed by atoms with E-state index in [0.717, 1.165) is 12.8 Å². The molecule has 23 heteroatoms. The Bertz CT molecular complexity index is 364. The summed E-state index contributed by atoms with van der Waals surface area (Å²) in [6.45, 7) is 11.4. The zero-order chi connectivity index (χ0) is 24.8. The summed E-state index contributed by atoms with van der Waals surface area (Å²) in [4.78, 5) is 103. The zero-order valence-corrected chi connectivity index (χ0v) is 29.6. The Hall–Kier alpha value is 3.40. The number of phosphoric acid groups is 4. The fourth-order valence-corrected chi connectivity index (χ4v) is 0. The predicted octanol–water partition coefficient (Wildman–Crippen LogP) is -8.06. The van der Waals surface area contributed by atoms with Gasteiger partial charge in [-0.15, -0.1) is 0 Å². The van der Waals surface area contributed by atoms with Crippen LogP contribution in [0.25, 0.3) is 0 Å². The molecule has 0 amide bonds. The van der Waals surface area contributed by atoms with Gasteiger partial charge in [-0.3, -0.25) is 0 Å². The normalized spacial score (nSPS) is 9.55. The second-order valence-corrected chi connectivity index (χ2v) is 7.07. The SMILES string of the molecule is O=P([O-])([O-])[O-].O=P([O-])([O-])[O-].O=P([O-])([O-])[O-].O=P([O-])([O-])[O-].[CH2-]CCC.[CH2-]CCC.[Pu].[Pu].[Pu]. The van der Waals surface area contributed by atoms with Gasteiger partial charge in [-0.2, -0.15) is 44.1 Å². The molecule has 0 heterocycles. The van der Waals surface area contributed by atoms with E-state index in [-0.39, 0.29) is 87.5 Å². The van der Waals surface area contributed by atoms with Crippen LogP contribution >= 0.6 is 31.3 Å². The van der Waals surface area contributed by atoms with Crippen molar-refractivity contribution in [3.63, 3.8) is 0 Å². The molecule has 0 aliphatic carbocycles. The van der Waals surface area contributed by atoms with Gasteiger partial charge in [0.05, 0.1) is 0 Å². The maximum atomic E-state index is 8.55. The van der Waals surface area contributed by atoms with Gasteiger partial charge in [-0.1, -0.05) is 26.7 Å². The van der Waals surface area contributed by atoms with E-state index >= 15 is 0 Å². The van der Waals surface area contributed by atoms with E-state index in [0.29, 0.717) is 0 Å². The largest absolute Gasteiger partial charge is 0.822 e. The molecule has 0 unspecified atom stereocenters. The van der Waals surface area contributed by atoms with Crippen molar-refractivity contribution < 1.29 is 165 Å². The molecule has 0 bridgehead atoms. The Morgan fingerprint density at radius 3 is 0.484 bits per heavy atom. The van der Waals surface area contributed by atoms with Crippen LogP contribution in [0.3, 0.4) is 0 Å². The Kier molecular flexibility index (Phi) is 68.2. The maximum absolute atomic E-state index is 8.55. The minimum Gasteiger partial charge on any atom is -0.822 e. The van der Waals surface area contributed by atoms with Crippen molar-refractivity contribution in [2.75, 3.05) is 0 Å². The van der Waals surface area contributed by atoms with E-state index in [9.17, 15) is 0 Å². The molecule has 31 heavy (non-hydrogen) atoms. The molecule has 0 aromatic heterocycles. The van der Waals surface area contributed by atoms with Crippen LogP contribution in [-0.4, -0.2) is 0 Å². The molecule has 0 rings (SSSR count). The first-order chi connectivity index (χ1) is 11.8.